The second-order valence-corrected chi connectivity index (χ2v) is 7.74. The van der Waals surface area contributed by atoms with E-state index in [1.165, 1.54) is 19.8 Å². The van der Waals surface area contributed by atoms with Gasteiger partial charge in [0.25, 0.3) is 5.91 Å². The Kier molecular flexibility index (Phi) is 15.6. The monoisotopic (exact) mass is 499 g/mol. The largest absolute Gasteiger partial charge is 0.504 e. The van der Waals surface area contributed by atoms with E-state index in [1.807, 2.05) is 26.0 Å². The third-order valence-corrected chi connectivity index (χ3v) is 4.95. The number of carbonyl (C=O) groups is 2. The number of hydrogen-bond donors (Lipinski definition) is 4. The smallest absolute Gasteiger partial charge is 0.326 e. The highest BCUT2D eigenvalue weighted by atomic mass is 16.5. The molecule has 3 amide bonds. The lowest BCUT2D eigenvalue weighted by atomic mass is 10.1. The molecule has 0 rings (SSSR count). The van der Waals surface area contributed by atoms with Crippen molar-refractivity contribution >= 4 is 11.9 Å². The zero-order valence-corrected chi connectivity index (χ0v) is 22.5. The van der Waals surface area contributed by atoms with Crippen molar-refractivity contribution in [3.05, 3.63) is 95.6 Å². The lowest BCUT2D eigenvalue weighted by Gasteiger charge is -2.18. The van der Waals surface area contributed by atoms with Gasteiger partial charge >= 0.3 is 6.03 Å². The van der Waals surface area contributed by atoms with Gasteiger partial charge in [0, 0.05) is 29.1 Å². The minimum Gasteiger partial charge on any atom is -0.504 e. The summed E-state index contributed by atoms with van der Waals surface area (Å²) in [4.78, 5) is 24.5. The molecule has 8 heteroatoms. The standard InChI is InChI=1S/C28H41N3O5/c1-10-13-15-24(19(4)12-3)29-21(6)20(5)18-23(14-11-2)30-28(34)31-26(33)17-16-25(32)27(36-9)22(7)35-8/h11,13-18,20,29,32H,6-7,10,12H2,1-5,8-9H3,(H2,30,31,33,34)/b14-11-,15-13-,17-16+,23-18+,24-19+,27-25-. The third-order valence-electron chi connectivity index (χ3n) is 4.95. The van der Waals surface area contributed by atoms with Crippen LogP contribution in [0.25, 0.3) is 0 Å². The summed E-state index contributed by atoms with van der Waals surface area (Å²) in [5, 5.41) is 18.2. The van der Waals surface area contributed by atoms with E-state index < -0.39 is 11.9 Å². The Morgan fingerprint density at radius 1 is 1.00 bits per heavy atom. The summed E-state index contributed by atoms with van der Waals surface area (Å²) in [6.45, 7) is 17.7. The fourth-order valence-electron chi connectivity index (χ4n) is 2.69. The molecule has 0 spiro atoms. The van der Waals surface area contributed by atoms with Crippen molar-refractivity contribution < 1.29 is 24.2 Å². The second-order valence-electron chi connectivity index (χ2n) is 7.74. The van der Waals surface area contributed by atoms with Crippen LogP contribution in [-0.4, -0.2) is 31.3 Å². The third kappa shape index (κ3) is 12.0. The average Bonchev–Trinajstić information content (AvgIpc) is 2.84. The molecule has 0 aliphatic rings. The van der Waals surface area contributed by atoms with Crippen LogP contribution in [0.3, 0.4) is 0 Å². The molecule has 0 saturated carbocycles. The van der Waals surface area contributed by atoms with Crippen molar-refractivity contribution in [2.75, 3.05) is 14.2 Å². The predicted octanol–water partition coefficient (Wildman–Crippen LogP) is 5.79. The van der Waals surface area contributed by atoms with E-state index in [0.29, 0.717) is 5.70 Å². The summed E-state index contributed by atoms with van der Waals surface area (Å²) in [6.07, 6.45) is 13.3. The van der Waals surface area contributed by atoms with Crippen molar-refractivity contribution in [3.8, 4) is 0 Å². The quantitative estimate of drug-likeness (QED) is 0.137. The van der Waals surface area contributed by atoms with Gasteiger partial charge in [-0.25, -0.2) is 4.79 Å². The number of rotatable bonds is 14. The number of hydrogen-bond acceptors (Lipinski definition) is 6. The Bertz CT molecular complexity index is 981. The number of allylic oxidation sites excluding steroid dienone is 7. The van der Waals surface area contributed by atoms with Gasteiger partial charge in [-0.2, -0.15) is 0 Å². The summed E-state index contributed by atoms with van der Waals surface area (Å²) in [7, 11) is 2.68. The van der Waals surface area contributed by atoms with Gasteiger partial charge < -0.3 is 25.2 Å². The van der Waals surface area contributed by atoms with Crippen LogP contribution in [0.4, 0.5) is 4.79 Å². The molecule has 0 aliphatic heterocycles. The number of methoxy groups -OCH3 is 2. The molecule has 36 heavy (non-hydrogen) atoms. The average molecular weight is 500 g/mol. The molecule has 1 atom stereocenters. The molecule has 0 heterocycles. The topological polar surface area (TPSA) is 109 Å². The van der Waals surface area contributed by atoms with E-state index in [9.17, 15) is 14.7 Å². The molecular formula is C28H41N3O5. The molecule has 0 saturated heterocycles. The normalized spacial score (nSPS) is 14.2. The van der Waals surface area contributed by atoms with Gasteiger partial charge in [0.15, 0.2) is 11.5 Å². The molecule has 0 bridgehead atoms. The molecule has 198 valence electrons. The van der Waals surface area contributed by atoms with Crippen molar-refractivity contribution in [1.82, 2.24) is 16.0 Å². The second kappa shape index (κ2) is 17.5. The van der Waals surface area contributed by atoms with Gasteiger partial charge in [-0.1, -0.05) is 57.7 Å². The van der Waals surface area contributed by atoms with Gasteiger partial charge in [-0.15, -0.1) is 0 Å². The number of aliphatic hydroxyl groups is 1. The molecule has 8 nitrogen and oxygen atoms in total. The summed E-state index contributed by atoms with van der Waals surface area (Å²) >= 11 is 0. The van der Waals surface area contributed by atoms with E-state index in [1.54, 1.807) is 12.2 Å². The van der Waals surface area contributed by atoms with Crippen LogP contribution in [0.2, 0.25) is 0 Å². The summed E-state index contributed by atoms with van der Waals surface area (Å²) in [5.41, 5.74) is 3.46. The van der Waals surface area contributed by atoms with Gasteiger partial charge in [0.2, 0.25) is 5.76 Å². The van der Waals surface area contributed by atoms with E-state index in [4.69, 9.17) is 9.47 Å². The maximum Gasteiger partial charge on any atom is 0.326 e. The molecule has 0 radical (unpaired) electrons. The van der Waals surface area contributed by atoms with Gasteiger partial charge in [-0.3, -0.25) is 10.1 Å². The zero-order chi connectivity index (χ0) is 27.7. The molecular weight excluding hydrogens is 458 g/mol. The number of amides is 3. The molecule has 0 aliphatic carbocycles. The van der Waals surface area contributed by atoms with E-state index in [-0.39, 0.29) is 23.2 Å². The van der Waals surface area contributed by atoms with Gasteiger partial charge in [0.05, 0.1) is 14.2 Å². The summed E-state index contributed by atoms with van der Waals surface area (Å²) < 4.78 is 9.89. The Morgan fingerprint density at radius 3 is 2.19 bits per heavy atom. The van der Waals surface area contributed by atoms with Gasteiger partial charge in [-0.05, 0) is 44.9 Å². The first-order valence-electron chi connectivity index (χ1n) is 11.7. The van der Waals surface area contributed by atoms with Crippen molar-refractivity contribution in [1.29, 1.82) is 0 Å². The minimum atomic E-state index is -0.746. The number of imide groups is 1. The number of aliphatic hydroxyl groups excluding tert-OH is 1. The van der Waals surface area contributed by atoms with Crippen LogP contribution in [0.5, 0.6) is 0 Å². The lowest BCUT2D eigenvalue weighted by molar-refractivity contribution is -0.115. The number of carbonyl (C=O) groups excluding carboxylic acids is 2. The maximum absolute atomic E-state index is 12.4. The summed E-state index contributed by atoms with van der Waals surface area (Å²) in [6, 6.07) is -0.732. The summed E-state index contributed by atoms with van der Waals surface area (Å²) in [5.74, 6) is -1.22. The molecule has 1 unspecified atom stereocenters. The molecule has 0 aromatic heterocycles. The molecule has 0 aromatic rings. The van der Waals surface area contributed by atoms with Crippen LogP contribution in [0.1, 0.15) is 47.5 Å². The van der Waals surface area contributed by atoms with Crippen LogP contribution in [0, 0.1) is 5.92 Å². The predicted molar refractivity (Wildman–Crippen MR) is 145 cm³/mol. The van der Waals surface area contributed by atoms with Crippen LogP contribution in [0.15, 0.2) is 95.6 Å². The first-order chi connectivity index (χ1) is 17.0. The Labute approximate surface area is 215 Å². The number of urea groups is 1. The van der Waals surface area contributed by atoms with Gasteiger partial charge in [0.1, 0.15) is 0 Å². The SMILES string of the molecule is C=C(OC)/C(OC)=C(O)\C=C\C(=O)NC(=O)NC(/C=C\C)=C/C(C)C(=C)NC(/C=C\CC)=C(\C)CC. The first kappa shape index (κ1) is 32.1. The first-order valence-corrected chi connectivity index (χ1v) is 11.7. The Hall–Kier alpha value is -3.94. The Morgan fingerprint density at radius 2 is 1.67 bits per heavy atom. The van der Waals surface area contributed by atoms with E-state index in [2.05, 4.69) is 56.0 Å². The highest BCUT2D eigenvalue weighted by molar-refractivity contribution is 6.00. The highest BCUT2D eigenvalue weighted by Gasteiger charge is 2.12. The molecule has 0 fully saturated rings. The van der Waals surface area contributed by atoms with Crippen LogP contribution in [-0.2, 0) is 14.3 Å². The van der Waals surface area contributed by atoms with Crippen molar-refractivity contribution in [2.45, 2.75) is 47.5 Å². The fourth-order valence-corrected chi connectivity index (χ4v) is 2.69. The molecule has 4 N–H and O–H groups in total. The van der Waals surface area contributed by atoms with E-state index >= 15 is 0 Å². The fraction of sp³-hybridized carbons (Fsp3) is 0.357. The maximum atomic E-state index is 12.4. The lowest BCUT2D eigenvalue weighted by Crippen LogP contribution is -2.38. The minimum absolute atomic E-state index is 0.0375. The zero-order valence-electron chi connectivity index (χ0n) is 22.5. The van der Waals surface area contributed by atoms with E-state index in [0.717, 1.165) is 36.4 Å². The van der Waals surface area contributed by atoms with Crippen molar-refractivity contribution in [3.63, 3.8) is 0 Å². The van der Waals surface area contributed by atoms with Crippen LogP contribution >= 0.6 is 0 Å². The van der Waals surface area contributed by atoms with Crippen molar-refractivity contribution in [2.24, 2.45) is 5.92 Å². The van der Waals surface area contributed by atoms with Crippen LogP contribution < -0.4 is 16.0 Å². The number of ether oxygens (including phenoxy) is 2. The number of nitrogens with one attached hydrogen (secondary N) is 3. The highest BCUT2D eigenvalue weighted by Crippen LogP contribution is 2.16. The molecule has 0 aromatic carbocycles. The Balaban J connectivity index is 5.40.